The fraction of sp³-hybridized carbons (Fsp3) is 0.500. The number of likely N-dealkylation sites (N-methyl/N-ethyl adjacent to an activating group) is 1. The highest BCUT2D eigenvalue weighted by atomic mass is 19.1. The quantitative estimate of drug-likeness (QED) is 0.889. The van der Waals surface area contributed by atoms with Crippen LogP contribution in [0.1, 0.15) is 28.8 Å². The van der Waals surface area contributed by atoms with Gasteiger partial charge in [0.15, 0.2) is 0 Å². The topological polar surface area (TPSA) is 32.3 Å². The van der Waals surface area contributed by atoms with Crippen molar-refractivity contribution in [2.75, 3.05) is 20.1 Å². The average Bonchev–Trinajstić information content (AvgIpc) is 2.81. The van der Waals surface area contributed by atoms with E-state index in [2.05, 4.69) is 5.32 Å². The van der Waals surface area contributed by atoms with E-state index in [0.29, 0.717) is 23.7 Å². The van der Waals surface area contributed by atoms with Gasteiger partial charge in [-0.05, 0) is 50.1 Å². The van der Waals surface area contributed by atoms with Crippen LogP contribution in [0.3, 0.4) is 0 Å². The normalized spacial score (nSPS) is 18.9. The van der Waals surface area contributed by atoms with Crippen LogP contribution in [0.15, 0.2) is 18.2 Å². The van der Waals surface area contributed by atoms with Crippen molar-refractivity contribution in [1.82, 2.24) is 10.2 Å². The van der Waals surface area contributed by atoms with Gasteiger partial charge in [-0.25, -0.2) is 4.39 Å². The molecule has 0 spiro atoms. The number of carbonyl (C=O) groups excluding carboxylic acids is 1. The minimum absolute atomic E-state index is 0.0406. The standard InChI is InChI=1S/C14H19FN2O/c1-10-8-11(15)5-6-13(10)14(18)17(2)9-12-4-3-7-16-12/h5-6,8,12,16H,3-4,7,9H2,1-2H3. The van der Waals surface area contributed by atoms with Gasteiger partial charge in [0.2, 0.25) is 0 Å². The second-order valence-corrected chi connectivity index (χ2v) is 4.94. The molecule has 4 heteroatoms. The van der Waals surface area contributed by atoms with E-state index in [9.17, 15) is 9.18 Å². The molecule has 1 aliphatic rings. The lowest BCUT2D eigenvalue weighted by atomic mass is 10.1. The number of hydrogen-bond acceptors (Lipinski definition) is 2. The van der Waals surface area contributed by atoms with Gasteiger partial charge in [0.05, 0.1) is 0 Å². The molecule has 1 unspecified atom stereocenters. The molecule has 98 valence electrons. The zero-order chi connectivity index (χ0) is 13.1. The van der Waals surface area contributed by atoms with Gasteiger partial charge in [-0.1, -0.05) is 0 Å². The number of benzene rings is 1. The van der Waals surface area contributed by atoms with Crippen molar-refractivity contribution in [2.24, 2.45) is 0 Å². The van der Waals surface area contributed by atoms with Crippen LogP contribution < -0.4 is 5.32 Å². The number of carbonyl (C=O) groups is 1. The summed E-state index contributed by atoms with van der Waals surface area (Å²) in [7, 11) is 1.80. The van der Waals surface area contributed by atoms with Crippen molar-refractivity contribution < 1.29 is 9.18 Å². The lowest BCUT2D eigenvalue weighted by Gasteiger charge is -2.22. The monoisotopic (exact) mass is 250 g/mol. The highest BCUT2D eigenvalue weighted by Crippen LogP contribution is 2.14. The maximum atomic E-state index is 13.0. The zero-order valence-corrected chi connectivity index (χ0v) is 10.9. The van der Waals surface area contributed by atoms with Gasteiger partial charge >= 0.3 is 0 Å². The summed E-state index contributed by atoms with van der Waals surface area (Å²) in [4.78, 5) is 14.0. The molecule has 1 aromatic rings. The Morgan fingerprint density at radius 1 is 1.56 bits per heavy atom. The molecule has 0 radical (unpaired) electrons. The Kier molecular flexibility index (Phi) is 3.97. The largest absolute Gasteiger partial charge is 0.340 e. The Morgan fingerprint density at radius 3 is 2.94 bits per heavy atom. The van der Waals surface area contributed by atoms with Gasteiger partial charge in [0.25, 0.3) is 5.91 Å². The summed E-state index contributed by atoms with van der Waals surface area (Å²) in [5.41, 5.74) is 1.27. The summed E-state index contributed by atoms with van der Waals surface area (Å²) in [6.45, 7) is 3.50. The number of rotatable bonds is 3. The first kappa shape index (κ1) is 13.0. The minimum Gasteiger partial charge on any atom is -0.340 e. The van der Waals surface area contributed by atoms with E-state index < -0.39 is 0 Å². The van der Waals surface area contributed by atoms with Gasteiger partial charge in [-0.3, -0.25) is 4.79 Å². The molecular weight excluding hydrogens is 231 g/mol. The highest BCUT2D eigenvalue weighted by molar-refractivity contribution is 5.95. The first-order valence-electron chi connectivity index (χ1n) is 6.33. The fourth-order valence-electron chi connectivity index (χ4n) is 2.40. The molecule has 3 nitrogen and oxygen atoms in total. The Morgan fingerprint density at radius 2 is 2.33 bits per heavy atom. The molecule has 1 heterocycles. The minimum atomic E-state index is -0.302. The molecule has 1 amide bonds. The maximum Gasteiger partial charge on any atom is 0.253 e. The molecule has 0 bridgehead atoms. The van der Waals surface area contributed by atoms with Crippen molar-refractivity contribution in [3.8, 4) is 0 Å². The third kappa shape index (κ3) is 2.88. The van der Waals surface area contributed by atoms with Crippen molar-refractivity contribution in [3.63, 3.8) is 0 Å². The molecule has 1 saturated heterocycles. The first-order chi connectivity index (χ1) is 8.58. The molecule has 1 atom stereocenters. The summed E-state index contributed by atoms with van der Waals surface area (Å²) in [5, 5.41) is 3.36. The number of nitrogens with one attached hydrogen (secondary N) is 1. The molecule has 2 rings (SSSR count). The second-order valence-electron chi connectivity index (χ2n) is 4.94. The van der Waals surface area contributed by atoms with E-state index in [0.717, 1.165) is 13.0 Å². The van der Waals surface area contributed by atoms with E-state index in [1.807, 2.05) is 0 Å². The average molecular weight is 250 g/mol. The fourth-order valence-corrected chi connectivity index (χ4v) is 2.40. The molecule has 1 fully saturated rings. The third-order valence-electron chi connectivity index (χ3n) is 3.42. The van der Waals surface area contributed by atoms with Crippen LogP contribution in [0, 0.1) is 12.7 Å². The maximum absolute atomic E-state index is 13.0. The second kappa shape index (κ2) is 5.48. The van der Waals surface area contributed by atoms with Crippen LogP contribution >= 0.6 is 0 Å². The van der Waals surface area contributed by atoms with Crippen LogP contribution in [-0.4, -0.2) is 37.0 Å². The number of halogens is 1. The summed E-state index contributed by atoms with van der Waals surface area (Å²) < 4.78 is 13.0. The lowest BCUT2D eigenvalue weighted by Crippen LogP contribution is -2.38. The lowest BCUT2D eigenvalue weighted by molar-refractivity contribution is 0.0783. The number of amides is 1. The Labute approximate surface area is 107 Å². The van der Waals surface area contributed by atoms with Crippen molar-refractivity contribution >= 4 is 5.91 Å². The molecule has 18 heavy (non-hydrogen) atoms. The van der Waals surface area contributed by atoms with Gasteiger partial charge in [0, 0.05) is 25.2 Å². The molecule has 0 saturated carbocycles. The Bertz CT molecular complexity index is 441. The smallest absolute Gasteiger partial charge is 0.253 e. The summed E-state index contributed by atoms with van der Waals surface area (Å²) in [5.74, 6) is -0.342. The molecule has 0 aliphatic carbocycles. The predicted molar refractivity (Wildman–Crippen MR) is 69.1 cm³/mol. The summed E-state index contributed by atoms with van der Waals surface area (Å²) >= 11 is 0. The van der Waals surface area contributed by atoms with Crippen molar-refractivity contribution in [2.45, 2.75) is 25.8 Å². The van der Waals surface area contributed by atoms with Crippen LogP contribution in [0.2, 0.25) is 0 Å². The number of aryl methyl sites for hydroxylation is 1. The van der Waals surface area contributed by atoms with E-state index in [1.165, 1.54) is 18.6 Å². The van der Waals surface area contributed by atoms with Gasteiger partial charge in [-0.15, -0.1) is 0 Å². The van der Waals surface area contributed by atoms with Crippen LogP contribution in [0.25, 0.3) is 0 Å². The van der Waals surface area contributed by atoms with E-state index in [1.54, 1.807) is 24.9 Å². The van der Waals surface area contributed by atoms with Gasteiger partial charge in [0.1, 0.15) is 5.82 Å². The van der Waals surface area contributed by atoms with Gasteiger partial charge < -0.3 is 10.2 Å². The zero-order valence-electron chi connectivity index (χ0n) is 10.9. The molecule has 1 aliphatic heterocycles. The van der Waals surface area contributed by atoms with E-state index in [4.69, 9.17) is 0 Å². The van der Waals surface area contributed by atoms with Crippen molar-refractivity contribution in [1.29, 1.82) is 0 Å². The summed E-state index contributed by atoms with van der Waals surface area (Å²) in [6, 6.07) is 4.68. The Hall–Kier alpha value is -1.42. The SMILES string of the molecule is Cc1cc(F)ccc1C(=O)N(C)CC1CCCN1. The highest BCUT2D eigenvalue weighted by Gasteiger charge is 2.20. The molecule has 1 N–H and O–H groups in total. The van der Waals surface area contributed by atoms with E-state index in [-0.39, 0.29) is 11.7 Å². The van der Waals surface area contributed by atoms with Crippen LogP contribution in [0.4, 0.5) is 4.39 Å². The number of nitrogens with zero attached hydrogens (tertiary/aromatic N) is 1. The van der Waals surface area contributed by atoms with Crippen molar-refractivity contribution in [3.05, 3.63) is 35.1 Å². The predicted octanol–water partition coefficient (Wildman–Crippen LogP) is 1.96. The van der Waals surface area contributed by atoms with Crippen LogP contribution in [0.5, 0.6) is 0 Å². The molecular formula is C14H19FN2O. The van der Waals surface area contributed by atoms with Crippen LogP contribution in [-0.2, 0) is 0 Å². The summed E-state index contributed by atoms with van der Waals surface area (Å²) in [6.07, 6.45) is 2.28. The molecule has 0 aromatic heterocycles. The van der Waals surface area contributed by atoms with Gasteiger partial charge in [-0.2, -0.15) is 0 Å². The van der Waals surface area contributed by atoms with E-state index >= 15 is 0 Å². The Balaban J connectivity index is 2.05. The third-order valence-corrected chi connectivity index (χ3v) is 3.42. The number of hydrogen-bond donors (Lipinski definition) is 1. The first-order valence-corrected chi connectivity index (χ1v) is 6.33. The molecule has 1 aromatic carbocycles.